The monoisotopic (exact) mass is 232 g/mol. The first-order chi connectivity index (χ1) is 8.18. The summed E-state index contributed by atoms with van der Waals surface area (Å²) in [6.07, 6.45) is 1.04. The Labute approximate surface area is 103 Å². The number of nitrogens with one attached hydrogen (secondary N) is 1. The van der Waals surface area contributed by atoms with Crippen molar-refractivity contribution >= 4 is 5.91 Å². The largest absolute Gasteiger partial charge is 0.337 e. The molecule has 92 valence electrons. The van der Waals surface area contributed by atoms with Gasteiger partial charge >= 0.3 is 0 Å². The van der Waals surface area contributed by atoms with Gasteiger partial charge in [0.25, 0.3) is 5.91 Å². The summed E-state index contributed by atoms with van der Waals surface area (Å²) in [6, 6.07) is 5.96. The lowest BCUT2D eigenvalue weighted by molar-refractivity contribution is 0.0766. The van der Waals surface area contributed by atoms with E-state index in [9.17, 15) is 4.79 Å². The quantitative estimate of drug-likeness (QED) is 0.800. The van der Waals surface area contributed by atoms with E-state index in [0.717, 1.165) is 38.2 Å². The van der Waals surface area contributed by atoms with Gasteiger partial charge in [0.2, 0.25) is 0 Å². The summed E-state index contributed by atoms with van der Waals surface area (Å²) in [5.74, 6) is 0.164. The first-order valence-electron chi connectivity index (χ1n) is 6.26. The second-order valence-electron chi connectivity index (χ2n) is 4.69. The van der Waals surface area contributed by atoms with Gasteiger partial charge in [-0.25, -0.2) is 0 Å². The highest BCUT2D eigenvalue weighted by atomic mass is 16.2. The molecular formula is C14H20N2O. The van der Waals surface area contributed by atoms with Crippen LogP contribution < -0.4 is 5.32 Å². The molecule has 1 N–H and O–H groups in total. The van der Waals surface area contributed by atoms with Gasteiger partial charge < -0.3 is 10.2 Å². The Balaban J connectivity index is 2.14. The Kier molecular flexibility index (Phi) is 3.79. The first-order valence-corrected chi connectivity index (χ1v) is 6.26. The maximum absolute atomic E-state index is 12.3. The van der Waals surface area contributed by atoms with Gasteiger partial charge in [-0.3, -0.25) is 4.79 Å². The maximum atomic E-state index is 12.3. The van der Waals surface area contributed by atoms with Crippen LogP contribution in [0.15, 0.2) is 18.2 Å². The fourth-order valence-corrected chi connectivity index (χ4v) is 2.11. The zero-order valence-electron chi connectivity index (χ0n) is 10.6. The predicted molar refractivity (Wildman–Crippen MR) is 69.3 cm³/mol. The van der Waals surface area contributed by atoms with Crippen LogP contribution in [0.25, 0.3) is 0 Å². The van der Waals surface area contributed by atoms with Gasteiger partial charge in [0, 0.05) is 25.2 Å². The van der Waals surface area contributed by atoms with Crippen molar-refractivity contribution in [2.75, 3.05) is 26.2 Å². The minimum atomic E-state index is 0.164. The van der Waals surface area contributed by atoms with E-state index >= 15 is 0 Å². The molecule has 1 aliphatic rings. The molecule has 1 heterocycles. The maximum Gasteiger partial charge on any atom is 0.253 e. The molecule has 0 saturated carbocycles. The predicted octanol–water partition coefficient (Wildman–Crippen LogP) is 1.74. The second kappa shape index (κ2) is 5.32. The van der Waals surface area contributed by atoms with Crippen LogP contribution in [-0.2, 0) is 0 Å². The molecular weight excluding hydrogens is 212 g/mol. The SMILES string of the molecule is Cc1ccc(C(=O)N2CCCNCC2)cc1C. The van der Waals surface area contributed by atoms with Gasteiger partial charge in [-0.1, -0.05) is 6.07 Å². The number of rotatable bonds is 1. The van der Waals surface area contributed by atoms with Crippen LogP contribution in [0.2, 0.25) is 0 Å². The third-order valence-electron chi connectivity index (χ3n) is 3.38. The van der Waals surface area contributed by atoms with E-state index in [1.165, 1.54) is 11.1 Å². The van der Waals surface area contributed by atoms with E-state index in [4.69, 9.17) is 0 Å². The molecule has 17 heavy (non-hydrogen) atoms. The number of aryl methyl sites for hydroxylation is 2. The molecule has 1 amide bonds. The Morgan fingerprint density at radius 1 is 1.18 bits per heavy atom. The van der Waals surface area contributed by atoms with Gasteiger partial charge in [-0.05, 0) is 50.1 Å². The molecule has 0 unspecified atom stereocenters. The van der Waals surface area contributed by atoms with Crippen molar-refractivity contribution in [3.05, 3.63) is 34.9 Å². The summed E-state index contributed by atoms with van der Waals surface area (Å²) >= 11 is 0. The van der Waals surface area contributed by atoms with Crippen LogP contribution in [-0.4, -0.2) is 37.0 Å². The van der Waals surface area contributed by atoms with E-state index in [1.54, 1.807) is 0 Å². The number of hydrogen-bond acceptors (Lipinski definition) is 2. The van der Waals surface area contributed by atoms with E-state index < -0.39 is 0 Å². The summed E-state index contributed by atoms with van der Waals surface area (Å²) in [5, 5.41) is 3.31. The minimum Gasteiger partial charge on any atom is -0.337 e. The summed E-state index contributed by atoms with van der Waals surface area (Å²) in [5.41, 5.74) is 3.23. The molecule has 0 radical (unpaired) electrons. The first kappa shape index (κ1) is 12.1. The lowest BCUT2D eigenvalue weighted by atomic mass is 10.1. The summed E-state index contributed by atoms with van der Waals surface area (Å²) in [4.78, 5) is 14.3. The highest BCUT2D eigenvalue weighted by Crippen LogP contribution is 2.12. The van der Waals surface area contributed by atoms with Crippen LogP contribution in [0.1, 0.15) is 27.9 Å². The molecule has 1 aromatic rings. The lowest BCUT2D eigenvalue weighted by Crippen LogP contribution is -2.34. The van der Waals surface area contributed by atoms with Crippen molar-refractivity contribution in [2.45, 2.75) is 20.3 Å². The van der Waals surface area contributed by atoms with Gasteiger partial charge in [0.1, 0.15) is 0 Å². The number of hydrogen-bond donors (Lipinski definition) is 1. The van der Waals surface area contributed by atoms with Crippen molar-refractivity contribution in [1.29, 1.82) is 0 Å². The van der Waals surface area contributed by atoms with Crippen molar-refractivity contribution in [3.8, 4) is 0 Å². The van der Waals surface area contributed by atoms with Crippen LogP contribution in [0.3, 0.4) is 0 Å². The van der Waals surface area contributed by atoms with E-state index in [-0.39, 0.29) is 5.91 Å². The Bertz CT molecular complexity index is 407. The van der Waals surface area contributed by atoms with Crippen LogP contribution in [0.5, 0.6) is 0 Å². The van der Waals surface area contributed by atoms with Crippen LogP contribution in [0, 0.1) is 13.8 Å². The molecule has 0 bridgehead atoms. The lowest BCUT2D eigenvalue weighted by Gasteiger charge is -2.20. The topological polar surface area (TPSA) is 32.3 Å². The smallest absolute Gasteiger partial charge is 0.253 e. The summed E-state index contributed by atoms with van der Waals surface area (Å²) in [6.45, 7) is 7.70. The highest BCUT2D eigenvalue weighted by molar-refractivity contribution is 5.94. The number of carbonyl (C=O) groups excluding carboxylic acids is 1. The average Bonchev–Trinajstić information content (AvgIpc) is 2.60. The molecule has 0 aromatic heterocycles. The fraction of sp³-hybridized carbons (Fsp3) is 0.500. The van der Waals surface area contributed by atoms with Crippen molar-refractivity contribution in [1.82, 2.24) is 10.2 Å². The van der Waals surface area contributed by atoms with Gasteiger partial charge in [0.15, 0.2) is 0 Å². The van der Waals surface area contributed by atoms with E-state index in [2.05, 4.69) is 19.2 Å². The third kappa shape index (κ3) is 2.86. The molecule has 0 atom stereocenters. The molecule has 1 aliphatic heterocycles. The molecule has 0 spiro atoms. The highest BCUT2D eigenvalue weighted by Gasteiger charge is 2.17. The van der Waals surface area contributed by atoms with Crippen molar-refractivity contribution in [2.24, 2.45) is 0 Å². The Hall–Kier alpha value is -1.35. The van der Waals surface area contributed by atoms with Crippen molar-refractivity contribution < 1.29 is 4.79 Å². The fourth-order valence-electron chi connectivity index (χ4n) is 2.11. The molecule has 2 rings (SSSR count). The standard InChI is InChI=1S/C14H20N2O/c1-11-4-5-13(10-12(11)2)14(17)16-8-3-6-15-7-9-16/h4-5,10,15H,3,6-9H2,1-2H3. The third-order valence-corrected chi connectivity index (χ3v) is 3.38. The normalized spacial score (nSPS) is 16.7. The number of carbonyl (C=O) groups is 1. The van der Waals surface area contributed by atoms with Crippen LogP contribution in [0.4, 0.5) is 0 Å². The second-order valence-corrected chi connectivity index (χ2v) is 4.69. The average molecular weight is 232 g/mol. The molecule has 1 aromatic carbocycles. The van der Waals surface area contributed by atoms with Gasteiger partial charge in [-0.2, -0.15) is 0 Å². The Morgan fingerprint density at radius 3 is 2.76 bits per heavy atom. The molecule has 1 saturated heterocycles. The van der Waals surface area contributed by atoms with E-state index in [1.807, 2.05) is 23.1 Å². The number of nitrogens with zero attached hydrogens (tertiary/aromatic N) is 1. The Morgan fingerprint density at radius 2 is 2.00 bits per heavy atom. The van der Waals surface area contributed by atoms with Crippen molar-refractivity contribution in [3.63, 3.8) is 0 Å². The van der Waals surface area contributed by atoms with Gasteiger partial charge in [0.05, 0.1) is 0 Å². The minimum absolute atomic E-state index is 0.164. The van der Waals surface area contributed by atoms with E-state index in [0.29, 0.717) is 0 Å². The molecule has 3 nitrogen and oxygen atoms in total. The summed E-state index contributed by atoms with van der Waals surface area (Å²) < 4.78 is 0. The molecule has 1 fully saturated rings. The van der Waals surface area contributed by atoms with Gasteiger partial charge in [-0.15, -0.1) is 0 Å². The molecule has 0 aliphatic carbocycles. The number of benzene rings is 1. The summed E-state index contributed by atoms with van der Waals surface area (Å²) in [7, 11) is 0. The van der Waals surface area contributed by atoms with Crippen LogP contribution >= 0.6 is 0 Å². The zero-order valence-corrected chi connectivity index (χ0v) is 10.6. The number of amides is 1. The molecule has 3 heteroatoms. The zero-order chi connectivity index (χ0) is 12.3.